The molecular weight excluding hydrogens is 222 g/mol. The minimum absolute atomic E-state index is 0.532. The van der Waals surface area contributed by atoms with Crippen LogP contribution < -0.4 is 10.6 Å². The Kier molecular flexibility index (Phi) is 5.25. The average Bonchev–Trinajstić information content (AvgIpc) is 2.71. The largest absolute Gasteiger partial charge is 0.444 e. The smallest absolute Gasteiger partial charge is 0.213 e. The number of hydrogen-bond donors (Lipinski definition) is 2. The van der Waals surface area contributed by atoms with Gasteiger partial charge < -0.3 is 15.1 Å². The van der Waals surface area contributed by atoms with Crippen molar-refractivity contribution in [2.45, 2.75) is 33.7 Å². The Labute approximate surface area is 102 Å². The molecule has 0 unspecified atom stereocenters. The topological polar surface area (TPSA) is 50.1 Å². The van der Waals surface area contributed by atoms with Gasteiger partial charge in [0.05, 0.1) is 12.7 Å². The van der Waals surface area contributed by atoms with E-state index in [-0.39, 0.29) is 0 Å². The zero-order valence-corrected chi connectivity index (χ0v) is 10.9. The highest BCUT2D eigenvalue weighted by molar-refractivity contribution is 7.80. The summed E-state index contributed by atoms with van der Waals surface area (Å²) in [6, 6.07) is 0. The maximum atomic E-state index is 5.45. The van der Waals surface area contributed by atoms with Crippen LogP contribution in [0.3, 0.4) is 0 Å². The molecule has 0 spiro atoms. The predicted octanol–water partition coefficient (Wildman–Crippen LogP) is 1.86. The van der Waals surface area contributed by atoms with Crippen molar-refractivity contribution in [3.8, 4) is 0 Å². The van der Waals surface area contributed by atoms with Gasteiger partial charge in [-0.25, -0.2) is 4.98 Å². The zero-order chi connectivity index (χ0) is 12.0. The van der Waals surface area contributed by atoms with Crippen LogP contribution in [0.2, 0.25) is 0 Å². The summed E-state index contributed by atoms with van der Waals surface area (Å²) in [7, 11) is 0. The molecule has 4 nitrogen and oxygen atoms in total. The molecule has 0 saturated carbocycles. The second-order valence-electron chi connectivity index (χ2n) is 4.03. The fraction of sp³-hybridized carbons (Fsp3) is 0.636. The lowest BCUT2D eigenvalue weighted by Crippen LogP contribution is -2.36. The van der Waals surface area contributed by atoms with Crippen molar-refractivity contribution >= 4 is 17.3 Å². The molecule has 0 bridgehead atoms. The van der Waals surface area contributed by atoms with Gasteiger partial charge in [0.25, 0.3) is 0 Å². The lowest BCUT2D eigenvalue weighted by molar-refractivity contribution is 0.453. The Balaban J connectivity index is 2.26. The van der Waals surface area contributed by atoms with Crippen molar-refractivity contribution in [2.75, 3.05) is 6.54 Å². The Morgan fingerprint density at radius 1 is 1.50 bits per heavy atom. The molecule has 0 aromatic carbocycles. The second kappa shape index (κ2) is 6.48. The van der Waals surface area contributed by atoms with Gasteiger partial charge in [0, 0.05) is 13.0 Å². The molecular formula is C11H19N3OS. The Bertz CT molecular complexity index is 336. The first kappa shape index (κ1) is 13.0. The van der Waals surface area contributed by atoms with Gasteiger partial charge in [-0.3, -0.25) is 0 Å². The molecule has 1 rings (SSSR count). The fourth-order valence-electron chi connectivity index (χ4n) is 1.11. The first-order valence-electron chi connectivity index (χ1n) is 5.57. The van der Waals surface area contributed by atoms with E-state index in [9.17, 15) is 0 Å². The molecule has 0 amide bonds. The highest BCUT2D eigenvalue weighted by atomic mass is 32.1. The van der Waals surface area contributed by atoms with Crippen molar-refractivity contribution in [2.24, 2.45) is 5.92 Å². The van der Waals surface area contributed by atoms with Gasteiger partial charge in [0.1, 0.15) is 5.76 Å². The van der Waals surface area contributed by atoms with Crippen LogP contribution in [0.15, 0.2) is 10.6 Å². The first-order valence-corrected chi connectivity index (χ1v) is 5.98. The molecule has 16 heavy (non-hydrogen) atoms. The van der Waals surface area contributed by atoms with Crippen molar-refractivity contribution in [1.82, 2.24) is 15.6 Å². The summed E-state index contributed by atoms with van der Waals surface area (Å²) in [5.41, 5.74) is 0. The normalized spacial score (nSPS) is 10.5. The van der Waals surface area contributed by atoms with Gasteiger partial charge in [0.2, 0.25) is 5.89 Å². The summed E-state index contributed by atoms with van der Waals surface area (Å²) in [6.45, 7) is 7.71. The lowest BCUT2D eigenvalue weighted by Gasteiger charge is -2.10. The number of rotatable bonds is 5. The monoisotopic (exact) mass is 241 g/mol. The van der Waals surface area contributed by atoms with Crippen LogP contribution >= 0.6 is 12.2 Å². The number of aryl methyl sites for hydroxylation is 1. The molecule has 0 saturated heterocycles. The summed E-state index contributed by atoms with van der Waals surface area (Å²) in [6.07, 6.45) is 2.62. The van der Waals surface area contributed by atoms with E-state index in [4.69, 9.17) is 16.6 Å². The van der Waals surface area contributed by atoms with Gasteiger partial charge in [-0.1, -0.05) is 20.8 Å². The lowest BCUT2D eigenvalue weighted by atomic mass is 10.2. The van der Waals surface area contributed by atoms with Crippen molar-refractivity contribution < 1.29 is 4.42 Å². The van der Waals surface area contributed by atoms with E-state index >= 15 is 0 Å². The van der Waals surface area contributed by atoms with Crippen molar-refractivity contribution in [3.05, 3.63) is 17.8 Å². The minimum atomic E-state index is 0.532. The first-order chi connectivity index (χ1) is 7.61. The minimum Gasteiger partial charge on any atom is -0.444 e. The summed E-state index contributed by atoms with van der Waals surface area (Å²) < 4.78 is 5.45. The summed E-state index contributed by atoms with van der Waals surface area (Å²) in [5, 5.41) is 6.82. The van der Waals surface area contributed by atoms with Crippen LogP contribution in [-0.2, 0) is 13.0 Å². The van der Waals surface area contributed by atoms with E-state index in [2.05, 4.69) is 29.5 Å². The number of nitrogens with one attached hydrogen (secondary N) is 2. The number of oxazole rings is 1. The number of hydrogen-bond acceptors (Lipinski definition) is 3. The molecule has 1 heterocycles. The number of aromatic nitrogens is 1. The third kappa shape index (κ3) is 4.61. The molecule has 90 valence electrons. The molecule has 0 aliphatic rings. The summed E-state index contributed by atoms with van der Waals surface area (Å²) in [5.74, 6) is 2.15. The highest BCUT2D eigenvalue weighted by Crippen LogP contribution is 2.03. The summed E-state index contributed by atoms with van der Waals surface area (Å²) >= 11 is 5.12. The summed E-state index contributed by atoms with van der Waals surface area (Å²) in [4.78, 5) is 4.14. The maximum absolute atomic E-state index is 5.45. The van der Waals surface area contributed by atoms with E-state index in [1.807, 2.05) is 6.92 Å². The van der Waals surface area contributed by atoms with Crippen molar-refractivity contribution in [3.63, 3.8) is 0 Å². The fourth-order valence-corrected chi connectivity index (χ4v) is 1.26. The van der Waals surface area contributed by atoms with Crippen LogP contribution in [0.25, 0.3) is 0 Å². The number of thiocarbonyl (C=S) groups is 1. The van der Waals surface area contributed by atoms with Gasteiger partial charge in [-0.15, -0.1) is 0 Å². The average molecular weight is 241 g/mol. The van der Waals surface area contributed by atoms with Crippen LogP contribution in [0.1, 0.15) is 32.4 Å². The van der Waals surface area contributed by atoms with Gasteiger partial charge >= 0.3 is 0 Å². The van der Waals surface area contributed by atoms with Crippen LogP contribution in [0.5, 0.6) is 0 Å². The van der Waals surface area contributed by atoms with Gasteiger partial charge in [-0.05, 0) is 18.1 Å². The molecule has 1 aromatic rings. The van der Waals surface area contributed by atoms with Gasteiger partial charge in [0.15, 0.2) is 5.11 Å². The Morgan fingerprint density at radius 2 is 2.25 bits per heavy atom. The Hall–Kier alpha value is -1.10. The van der Waals surface area contributed by atoms with E-state index in [1.54, 1.807) is 6.20 Å². The van der Waals surface area contributed by atoms with E-state index in [0.717, 1.165) is 18.7 Å². The molecule has 0 fully saturated rings. The molecule has 0 aliphatic carbocycles. The highest BCUT2D eigenvalue weighted by Gasteiger charge is 2.03. The Morgan fingerprint density at radius 3 is 2.81 bits per heavy atom. The third-order valence-electron chi connectivity index (χ3n) is 2.02. The molecule has 2 N–H and O–H groups in total. The van der Waals surface area contributed by atoms with Crippen LogP contribution in [0, 0.1) is 5.92 Å². The molecule has 0 atom stereocenters. The SMILES string of the molecule is CCc1cnc(CNC(=S)NCC(C)C)o1. The molecule has 0 radical (unpaired) electrons. The molecule has 0 aliphatic heterocycles. The molecule has 5 heteroatoms. The van der Waals surface area contributed by atoms with E-state index in [1.165, 1.54) is 0 Å². The van der Waals surface area contributed by atoms with E-state index < -0.39 is 0 Å². The standard InChI is InChI=1S/C11H19N3OS/c1-4-9-6-12-10(15-9)7-14-11(16)13-5-8(2)3/h6,8H,4-5,7H2,1-3H3,(H2,13,14,16). The van der Waals surface area contributed by atoms with Crippen LogP contribution in [-0.4, -0.2) is 16.6 Å². The van der Waals surface area contributed by atoms with Crippen LogP contribution in [0.4, 0.5) is 0 Å². The molecule has 1 aromatic heterocycles. The predicted molar refractivity (Wildman–Crippen MR) is 68.2 cm³/mol. The van der Waals surface area contributed by atoms with E-state index in [0.29, 0.717) is 23.5 Å². The maximum Gasteiger partial charge on any atom is 0.213 e. The van der Waals surface area contributed by atoms with Crippen molar-refractivity contribution in [1.29, 1.82) is 0 Å². The quantitative estimate of drug-likeness (QED) is 0.771. The second-order valence-corrected chi connectivity index (χ2v) is 4.44. The van der Waals surface area contributed by atoms with Gasteiger partial charge in [-0.2, -0.15) is 0 Å². The third-order valence-corrected chi connectivity index (χ3v) is 2.31. The number of nitrogens with zero attached hydrogens (tertiary/aromatic N) is 1. The zero-order valence-electron chi connectivity index (χ0n) is 10.0.